The van der Waals surface area contributed by atoms with E-state index in [4.69, 9.17) is 26.8 Å². The minimum Gasteiger partial charge on any atom is -0.484 e. The molecule has 0 bridgehead atoms. The summed E-state index contributed by atoms with van der Waals surface area (Å²) in [7, 11) is 0. The molecular weight excluding hydrogens is 430 g/mol. The lowest BCUT2D eigenvalue weighted by Crippen LogP contribution is -2.22. The van der Waals surface area contributed by atoms with Crippen molar-refractivity contribution in [3.8, 4) is 17.7 Å². The molecule has 3 aromatic rings. The molecule has 1 amide bonds. The summed E-state index contributed by atoms with van der Waals surface area (Å²) in [5, 5.41) is 20.0. The van der Waals surface area contributed by atoms with Crippen LogP contribution in [0.1, 0.15) is 28.3 Å². The van der Waals surface area contributed by atoms with Crippen LogP contribution in [0.3, 0.4) is 0 Å². The molecule has 32 heavy (non-hydrogen) atoms. The van der Waals surface area contributed by atoms with Crippen molar-refractivity contribution in [3.05, 3.63) is 81.3 Å². The summed E-state index contributed by atoms with van der Waals surface area (Å²) in [4.78, 5) is 12.4. The number of hydrogen-bond donors (Lipinski definition) is 3. The van der Waals surface area contributed by atoms with Crippen LogP contribution in [-0.4, -0.2) is 22.7 Å². The van der Waals surface area contributed by atoms with Crippen LogP contribution in [0.2, 0.25) is 5.02 Å². The van der Waals surface area contributed by atoms with Crippen molar-refractivity contribution in [2.45, 2.75) is 19.8 Å². The van der Waals surface area contributed by atoms with Gasteiger partial charge in [0.1, 0.15) is 17.4 Å². The van der Waals surface area contributed by atoms with Crippen molar-refractivity contribution in [3.63, 3.8) is 0 Å². The maximum atomic E-state index is 12.4. The first-order valence-corrected chi connectivity index (χ1v) is 10.2. The van der Waals surface area contributed by atoms with Gasteiger partial charge < -0.3 is 20.5 Å². The van der Waals surface area contributed by atoms with E-state index < -0.39 is 5.92 Å². The second-order valence-electron chi connectivity index (χ2n) is 7.36. The Hall–Kier alpha value is -3.96. The van der Waals surface area contributed by atoms with E-state index in [0.717, 1.165) is 22.4 Å². The molecule has 162 valence electrons. The number of halogens is 1. The van der Waals surface area contributed by atoms with Gasteiger partial charge in [-0.25, -0.2) is 0 Å². The number of fused-ring (bicyclic) bond motifs is 1. The number of aromatic nitrogens is 2. The van der Waals surface area contributed by atoms with Gasteiger partial charge in [0.2, 0.25) is 11.8 Å². The van der Waals surface area contributed by atoms with Crippen molar-refractivity contribution in [2.75, 3.05) is 11.9 Å². The Labute approximate surface area is 189 Å². The zero-order valence-corrected chi connectivity index (χ0v) is 18.2. The van der Waals surface area contributed by atoms with Gasteiger partial charge >= 0.3 is 0 Å². The molecule has 1 aliphatic rings. The highest BCUT2D eigenvalue weighted by atomic mass is 35.5. The lowest BCUT2D eigenvalue weighted by molar-refractivity contribution is -0.118. The van der Waals surface area contributed by atoms with Crippen LogP contribution in [0.15, 0.2) is 53.9 Å². The molecular formula is C23H20ClN5O3. The molecule has 2 aromatic carbocycles. The quantitative estimate of drug-likeness (QED) is 0.542. The molecule has 4 N–H and O–H groups in total. The number of amides is 1. The SMILES string of the molecule is Cc1ccc(Cl)cc1NC(=O)COc1cccc(C2C(C#N)=C(N)Oc3n[nH]c(C)c32)c1. The monoisotopic (exact) mass is 449 g/mol. The molecule has 2 heterocycles. The summed E-state index contributed by atoms with van der Waals surface area (Å²) in [5.74, 6) is 0.0480. The summed E-state index contributed by atoms with van der Waals surface area (Å²) in [6, 6.07) is 14.6. The van der Waals surface area contributed by atoms with Gasteiger partial charge in [0.15, 0.2) is 6.61 Å². The number of aryl methyl sites for hydroxylation is 2. The number of nitrogens with one attached hydrogen (secondary N) is 2. The normalized spacial score (nSPS) is 14.9. The van der Waals surface area contributed by atoms with Crippen LogP contribution >= 0.6 is 11.6 Å². The van der Waals surface area contributed by atoms with Gasteiger partial charge in [-0.2, -0.15) is 5.26 Å². The van der Waals surface area contributed by atoms with Gasteiger partial charge in [-0.05, 0) is 49.2 Å². The maximum absolute atomic E-state index is 12.4. The van der Waals surface area contributed by atoms with Gasteiger partial charge in [-0.3, -0.25) is 9.89 Å². The van der Waals surface area contributed by atoms with Crippen molar-refractivity contribution in [1.82, 2.24) is 10.2 Å². The van der Waals surface area contributed by atoms with Crippen molar-refractivity contribution >= 4 is 23.2 Å². The Morgan fingerprint density at radius 1 is 1.34 bits per heavy atom. The first-order chi connectivity index (χ1) is 15.4. The Balaban J connectivity index is 1.54. The zero-order chi connectivity index (χ0) is 22.8. The standard InChI is InChI=1S/C23H20ClN5O3/c1-12-6-7-15(24)9-18(12)27-19(30)11-31-16-5-3-4-14(8-16)21-17(10-25)22(26)32-23-20(21)13(2)28-29-23/h3-9,21H,11,26H2,1-2H3,(H,27,30)(H,28,29). The molecule has 0 radical (unpaired) electrons. The van der Waals surface area contributed by atoms with E-state index in [1.807, 2.05) is 26.0 Å². The predicted molar refractivity (Wildman–Crippen MR) is 119 cm³/mol. The number of nitrogens with two attached hydrogens (primary N) is 1. The summed E-state index contributed by atoms with van der Waals surface area (Å²) in [6.07, 6.45) is 0. The second kappa shape index (κ2) is 8.65. The summed E-state index contributed by atoms with van der Waals surface area (Å²) < 4.78 is 11.2. The Bertz CT molecular complexity index is 1270. The molecule has 8 nitrogen and oxygen atoms in total. The first-order valence-electron chi connectivity index (χ1n) is 9.78. The smallest absolute Gasteiger partial charge is 0.262 e. The summed E-state index contributed by atoms with van der Waals surface area (Å²) in [5.41, 5.74) is 10.0. The van der Waals surface area contributed by atoms with Crippen molar-refractivity contribution in [2.24, 2.45) is 5.73 Å². The number of allylic oxidation sites excluding steroid dienone is 1. The van der Waals surface area contributed by atoms with Gasteiger partial charge in [-0.1, -0.05) is 29.8 Å². The third kappa shape index (κ3) is 4.11. The topological polar surface area (TPSA) is 126 Å². The molecule has 1 atom stereocenters. The first kappa shape index (κ1) is 21.3. The third-order valence-electron chi connectivity index (χ3n) is 5.16. The van der Waals surface area contributed by atoms with Crippen LogP contribution in [0.4, 0.5) is 5.69 Å². The number of nitriles is 1. The van der Waals surface area contributed by atoms with Gasteiger partial charge in [0, 0.05) is 22.0 Å². The number of hydrogen-bond acceptors (Lipinski definition) is 6. The maximum Gasteiger partial charge on any atom is 0.262 e. The molecule has 1 aromatic heterocycles. The summed E-state index contributed by atoms with van der Waals surface area (Å²) in [6.45, 7) is 3.53. The molecule has 4 rings (SSSR count). The molecule has 0 aliphatic carbocycles. The Morgan fingerprint density at radius 3 is 2.94 bits per heavy atom. The molecule has 1 aliphatic heterocycles. The minimum absolute atomic E-state index is 0.0130. The lowest BCUT2D eigenvalue weighted by Gasteiger charge is -2.24. The third-order valence-corrected chi connectivity index (χ3v) is 5.40. The fourth-order valence-electron chi connectivity index (χ4n) is 3.58. The van der Waals surface area contributed by atoms with Gasteiger partial charge in [0.05, 0.1) is 5.92 Å². The van der Waals surface area contributed by atoms with E-state index in [0.29, 0.717) is 22.3 Å². The number of benzene rings is 2. The predicted octanol–water partition coefficient (Wildman–Crippen LogP) is 3.92. The van der Waals surface area contributed by atoms with Gasteiger partial charge in [-0.15, -0.1) is 5.10 Å². The highest BCUT2D eigenvalue weighted by molar-refractivity contribution is 6.31. The van der Waals surface area contributed by atoms with Crippen LogP contribution in [0.25, 0.3) is 0 Å². The number of nitrogens with zero attached hydrogens (tertiary/aromatic N) is 2. The average molecular weight is 450 g/mol. The molecule has 9 heteroatoms. The molecule has 0 saturated carbocycles. The van der Waals surface area contributed by atoms with Crippen LogP contribution in [-0.2, 0) is 4.79 Å². The van der Waals surface area contributed by atoms with Crippen LogP contribution in [0, 0.1) is 25.2 Å². The van der Waals surface area contributed by atoms with Crippen molar-refractivity contribution < 1.29 is 14.3 Å². The number of ether oxygens (including phenoxy) is 2. The summed E-state index contributed by atoms with van der Waals surface area (Å²) >= 11 is 6.00. The van der Waals surface area contributed by atoms with E-state index in [1.54, 1.807) is 30.3 Å². The number of aromatic amines is 1. The van der Waals surface area contributed by atoms with E-state index in [9.17, 15) is 10.1 Å². The minimum atomic E-state index is -0.464. The van der Waals surface area contributed by atoms with E-state index in [1.165, 1.54) is 0 Å². The molecule has 1 unspecified atom stereocenters. The number of carbonyl (C=O) groups excluding carboxylic acids is 1. The van der Waals surface area contributed by atoms with Crippen LogP contribution < -0.4 is 20.5 Å². The Morgan fingerprint density at radius 2 is 2.16 bits per heavy atom. The van der Waals surface area contributed by atoms with E-state index >= 15 is 0 Å². The van der Waals surface area contributed by atoms with Gasteiger partial charge in [0.25, 0.3) is 5.91 Å². The fraction of sp³-hybridized carbons (Fsp3) is 0.174. The number of anilines is 1. The average Bonchev–Trinajstić information content (AvgIpc) is 3.14. The second-order valence-corrected chi connectivity index (χ2v) is 7.80. The van der Waals surface area contributed by atoms with E-state index in [2.05, 4.69) is 21.6 Å². The number of carbonyl (C=O) groups is 1. The Kier molecular flexibility index (Phi) is 5.75. The van der Waals surface area contributed by atoms with Crippen LogP contribution in [0.5, 0.6) is 11.6 Å². The number of rotatable bonds is 5. The zero-order valence-electron chi connectivity index (χ0n) is 17.4. The lowest BCUT2D eigenvalue weighted by atomic mass is 9.84. The van der Waals surface area contributed by atoms with E-state index in [-0.39, 0.29) is 24.0 Å². The highest BCUT2D eigenvalue weighted by Gasteiger charge is 2.34. The molecule has 0 spiro atoms. The molecule has 0 saturated heterocycles. The number of H-pyrrole nitrogens is 1. The molecule has 0 fully saturated rings. The largest absolute Gasteiger partial charge is 0.484 e. The van der Waals surface area contributed by atoms with Crippen molar-refractivity contribution in [1.29, 1.82) is 5.26 Å². The highest BCUT2D eigenvalue weighted by Crippen LogP contribution is 2.43. The fourth-order valence-corrected chi connectivity index (χ4v) is 3.75.